The molecule has 1 spiro atoms. The average Bonchev–Trinajstić information content (AvgIpc) is 3.26. The van der Waals surface area contributed by atoms with E-state index in [1.54, 1.807) is 0 Å². The maximum absolute atomic E-state index is 11.8. The summed E-state index contributed by atoms with van der Waals surface area (Å²) in [5, 5.41) is 32.4. The van der Waals surface area contributed by atoms with Crippen molar-refractivity contribution in [3.8, 4) is 11.5 Å². The molecule has 4 aliphatic rings. The molecule has 2 fully saturated rings. The summed E-state index contributed by atoms with van der Waals surface area (Å²) in [5.41, 5.74) is 0.419. The number of hydrogen-bond donors (Lipinski definition) is 3. The number of aliphatic hydroxyl groups is 2. The number of phenols is 1. The summed E-state index contributed by atoms with van der Waals surface area (Å²) in [6.45, 7) is 10.2. The van der Waals surface area contributed by atoms with Crippen LogP contribution in [0.1, 0.15) is 76.9 Å². The maximum Gasteiger partial charge on any atom is 0.303 e. The van der Waals surface area contributed by atoms with Crippen molar-refractivity contribution in [2.75, 3.05) is 0 Å². The van der Waals surface area contributed by atoms with Crippen molar-refractivity contribution in [2.24, 2.45) is 22.7 Å². The lowest BCUT2D eigenvalue weighted by Gasteiger charge is -2.65. The molecule has 0 aromatic heterocycles. The smallest absolute Gasteiger partial charge is 0.303 e. The number of phenolic OH excluding ortho intramolecular Hbond substituents is 1. The van der Waals surface area contributed by atoms with E-state index in [0.717, 1.165) is 18.4 Å². The number of ether oxygens (including phenoxy) is 3. The maximum atomic E-state index is 11.8. The number of aromatic hydroxyl groups is 1. The van der Waals surface area contributed by atoms with Gasteiger partial charge in [0.05, 0.1) is 18.3 Å². The Bertz CT molecular complexity index is 972. The highest BCUT2D eigenvalue weighted by Gasteiger charge is 2.69. The summed E-state index contributed by atoms with van der Waals surface area (Å²) in [7, 11) is 0. The highest BCUT2D eigenvalue weighted by atomic mass is 16.6. The van der Waals surface area contributed by atoms with Crippen LogP contribution in [0.3, 0.4) is 0 Å². The van der Waals surface area contributed by atoms with Gasteiger partial charge in [-0.1, -0.05) is 27.7 Å². The summed E-state index contributed by atoms with van der Waals surface area (Å²) in [4.78, 5) is 11.8. The van der Waals surface area contributed by atoms with Gasteiger partial charge in [-0.05, 0) is 42.7 Å². The van der Waals surface area contributed by atoms with Crippen molar-refractivity contribution >= 4 is 5.97 Å². The lowest BCUT2D eigenvalue weighted by atomic mass is 9.43. The first-order valence-corrected chi connectivity index (χ1v) is 11.6. The first kappa shape index (κ1) is 22.0. The van der Waals surface area contributed by atoms with Gasteiger partial charge < -0.3 is 29.5 Å². The Kier molecular flexibility index (Phi) is 4.70. The number of carbonyl (C=O) groups excluding carboxylic acids is 1. The van der Waals surface area contributed by atoms with Gasteiger partial charge in [0.25, 0.3) is 0 Å². The second-order valence-electron chi connectivity index (χ2n) is 11.2. The van der Waals surface area contributed by atoms with Crippen LogP contribution >= 0.6 is 0 Å². The summed E-state index contributed by atoms with van der Waals surface area (Å²) in [6, 6.07) is 1.89. The predicted molar refractivity (Wildman–Crippen MR) is 115 cm³/mol. The van der Waals surface area contributed by atoms with Gasteiger partial charge in [-0.25, -0.2) is 0 Å². The molecule has 0 saturated heterocycles. The Hall–Kier alpha value is -1.83. The lowest BCUT2D eigenvalue weighted by molar-refractivity contribution is -0.246. The van der Waals surface area contributed by atoms with Gasteiger partial charge in [-0.15, -0.1) is 0 Å². The van der Waals surface area contributed by atoms with Crippen molar-refractivity contribution in [3.63, 3.8) is 0 Å². The normalized spacial score (nSPS) is 41.5. The van der Waals surface area contributed by atoms with Crippen LogP contribution in [-0.4, -0.2) is 39.1 Å². The Morgan fingerprint density at radius 2 is 1.94 bits per heavy atom. The molecule has 2 heterocycles. The number of aliphatic hydroxyl groups excluding tert-OH is 2. The fourth-order valence-corrected chi connectivity index (χ4v) is 7.73. The van der Waals surface area contributed by atoms with E-state index in [1.165, 1.54) is 6.92 Å². The summed E-state index contributed by atoms with van der Waals surface area (Å²) >= 11 is 0. The zero-order valence-electron chi connectivity index (χ0n) is 19.5. The molecule has 2 aliphatic heterocycles. The van der Waals surface area contributed by atoms with Crippen LogP contribution in [0.4, 0.5) is 0 Å². The van der Waals surface area contributed by atoms with Crippen molar-refractivity contribution in [1.29, 1.82) is 0 Å². The third-order valence-corrected chi connectivity index (χ3v) is 9.19. The highest BCUT2D eigenvalue weighted by molar-refractivity contribution is 5.66. The van der Waals surface area contributed by atoms with Gasteiger partial charge in [0, 0.05) is 29.7 Å². The molecular weight excluding hydrogens is 412 g/mol. The standard InChI is InChI=1S/C25H34O7/c1-12-6-7-18-23(3,4)21(31-13(2)26)16(27)10-24(18,5)25(12)9-15-17(32-25)8-14-11-30-22(29)19(14)20(15)28/h8,12,16,18,21-22,27-29H,6-7,9-11H2,1-5H3/t12-,16+,18-,21+,22+,24-,25-/m0/s1. The average molecular weight is 447 g/mol. The van der Waals surface area contributed by atoms with Gasteiger partial charge in [-0.2, -0.15) is 0 Å². The van der Waals surface area contributed by atoms with Crippen LogP contribution in [0.5, 0.6) is 11.5 Å². The van der Waals surface area contributed by atoms with Crippen molar-refractivity contribution in [1.82, 2.24) is 0 Å². The van der Waals surface area contributed by atoms with Crippen LogP contribution < -0.4 is 4.74 Å². The van der Waals surface area contributed by atoms with E-state index < -0.39 is 34.9 Å². The molecule has 0 unspecified atom stereocenters. The predicted octanol–water partition coefficient (Wildman–Crippen LogP) is 3.36. The van der Waals surface area contributed by atoms with Gasteiger partial charge in [0.15, 0.2) is 6.29 Å². The Balaban J connectivity index is 1.59. The van der Waals surface area contributed by atoms with Crippen molar-refractivity contribution in [3.05, 3.63) is 22.8 Å². The number of carbonyl (C=O) groups is 1. The molecule has 0 amide bonds. The molecule has 7 nitrogen and oxygen atoms in total. The van der Waals surface area contributed by atoms with E-state index in [0.29, 0.717) is 29.7 Å². The molecule has 32 heavy (non-hydrogen) atoms. The number of benzene rings is 1. The summed E-state index contributed by atoms with van der Waals surface area (Å²) < 4.78 is 17.7. The number of rotatable bonds is 1. The molecule has 7 atom stereocenters. The summed E-state index contributed by atoms with van der Waals surface area (Å²) in [6.07, 6.45) is 0.333. The number of fused-ring (bicyclic) bond motifs is 4. The quantitative estimate of drug-likeness (QED) is 0.568. The van der Waals surface area contributed by atoms with Gasteiger partial charge >= 0.3 is 5.97 Å². The fourth-order valence-electron chi connectivity index (χ4n) is 7.73. The monoisotopic (exact) mass is 446 g/mol. The first-order valence-electron chi connectivity index (χ1n) is 11.6. The van der Waals surface area contributed by atoms with Gasteiger partial charge in [0.1, 0.15) is 23.2 Å². The third-order valence-electron chi connectivity index (χ3n) is 9.19. The van der Waals surface area contributed by atoms with E-state index >= 15 is 0 Å². The zero-order chi connectivity index (χ0) is 23.2. The van der Waals surface area contributed by atoms with Crippen LogP contribution in [-0.2, 0) is 27.3 Å². The second kappa shape index (κ2) is 6.84. The van der Waals surface area contributed by atoms with Crippen molar-refractivity contribution < 1.29 is 34.3 Å². The van der Waals surface area contributed by atoms with Gasteiger partial charge in [-0.3, -0.25) is 4.79 Å². The van der Waals surface area contributed by atoms with E-state index in [9.17, 15) is 20.1 Å². The molecule has 1 aromatic rings. The van der Waals surface area contributed by atoms with E-state index in [4.69, 9.17) is 14.2 Å². The Labute approximate surface area is 188 Å². The molecule has 2 saturated carbocycles. The zero-order valence-corrected chi connectivity index (χ0v) is 19.5. The van der Waals surface area contributed by atoms with E-state index in [-0.39, 0.29) is 30.2 Å². The molecular formula is C25H34O7. The van der Waals surface area contributed by atoms with Crippen LogP contribution in [0, 0.1) is 22.7 Å². The summed E-state index contributed by atoms with van der Waals surface area (Å²) in [5.74, 6) is 0.665. The van der Waals surface area contributed by atoms with Crippen LogP contribution in [0.15, 0.2) is 6.07 Å². The SMILES string of the molecule is CC(=O)O[C@@H]1[C@H](O)C[C@@]2(C)[C@@H](CC[C@H](C)[C@@]23Cc2c(cc4c(c2O)[C@H](O)OC4)O3)C1(C)C. The Morgan fingerprint density at radius 3 is 2.62 bits per heavy atom. The largest absolute Gasteiger partial charge is 0.507 e. The lowest BCUT2D eigenvalue weighted by Crippen LogP contribution is -2.69. The van der Waals surface area contributed by atoms with E-state index in [1.807, 2.05) is 6.07 Å². The molecule has 0 bridgehead atoms. The number of esters is 1. The first-order chi connectivity index (χ1) is 14.9. The van der Waals surface area contributed by atoms with Crippen molar-refractivity contribution in [2.45, 2.75) is 91.0 Å². The second-order valence-corrected chi connectivity index (χ2v) is 11.2. The van der Waals surface area contributed by atoms with Crippen LogP contribution in [0.2, 0.25) is 0 Å². The molecule has 7 heteroatoms. The molecule has 176 valence electrons. The minimum absolute atomic E-state index is 0.0608. The third kappa shape index (κ3) is 2.68. The fraction of sp³-hybridized carbons (Fsp3) is 0.720. The minimum atomic E-state index is -1.13. The molecule has 2 aliphatic carbocycles. The topological polar surface area (TPSA) is 105 Å². The van der Waals surface area contributed by atoms with Gasteiger partial charge in [0.2, 0.25) is 0 Å². The van der Waals surface area contributed by atoms with Crippen LogP contribution in [0.25, 0.3) is 0 Å². The molecule has 0 radical (unpaired) electrons. The minimum Gasteiger partial charge on any atom is -0.507 e. The highest BCUT2D eigenvalue weighted by Crippen LogP contribution is 2.67. The number of hydrogen-bond acceptors (Lipinski definition) is 7. The molecule has 1 aromatic carbocycles. The molecule has 3 N–H and O–H groups in total. The van der Waals surface area contributed by atoms with E-state index in [2.05, 4.69) is 27.7 Å². The molecule has 5 rings (SSSR count). The Morgan fingerprint density at radius 1 is 1.22 bits per heavy atom.